The van der Waals surface area contributed by atoms with Gasteiger partial charge in [0.15, 0.2) is 11.6 Å². The number of carbonyl (C=O) groups is 1. The Hall–Kier alpha value is -3.23. The molecule has 0 aliphatic heterocycles. The van der Waals surface area contributed by atoms with Crippen LogP contribution < -0.4 is 4.74 Å². The largest absolute Gasteiger partial charge is 0.453 e. The summed E-state index contributed by atoms with van der Waals surface area (Å²) in [6, 6.07) is 7.33. The van der Waals surface area contributed by atoms with Crippen LogP contribution in [0.3, 0.4) is 0 Å². The van der Waals surface area contributed by atoms with Gasteiger partial charge in [-0.15, -0.1) is 10.2 Å². The van der Waals surface area contributed by atoms with Crippen molar-refractivity contribution in [1.82, 2.24) is 15.4 Å². The van der Waals surface area contributed by atoms with Gasteiger partial charge in [0.05, 0.1) is 17.1 Å². The molecule has 0 amide bonds. The first-order valence-electron chi connectivity index (χ1n) is 9.02. The van der Waals surface area contributed by atoms with E-state index in [4.69, 9.17) is 36.9 Å². The Labute approximate surface area is 185 Å². The fourth-order valence-electron chi connectivity index (χ4n) is 3.01. The quantitative estimate of drug-likeness (QED) is 0.326. The van der Waals surface area contributed by atoms with Gasteiger partial charge in [0.2, 0.25) is 5.89 Å². The summed E-state index contributed by atoms with van der Waals surface area (Å²) < 4.78 is 31.5. The van der Waals surface area contributed by atoms with E-state index < -0.39 is 5.82 Å². The van der Waals surface area contributed by atoms with E-state index in [9.17, 15) is 4.79 Å². The van der Waals surface area contributed by atoms with Crippen LogP contribution in [-0.2, 0) is 6.42 Å². The van der Waals surface area contributed by atoms with Crippen molar-refractivity contribution in [3.8, 4) is 23.0 Å². The number of aryl methyl sites for hydroxylation is 2. The van der Waals surface area contributed by atoms with E-state index in [1.807, 2.05) is 0 Å². The molecule has 4 rings (SSSR count). The van der Waals surface area contributed by atoms with Crippen LogP contribution in [0.1, 0.15) is 33.3 Å². The van der Waals surface area contributed by atoms with Crippen LogP contribution in [0.5, 0.6) is 11.5 Å². The molecule has 0 aliphatic rings. The van der Waals surface area contributed by atoms with Gasteiger partial charge in [-0.25, -0.2) is 4.39 Å². The average Bonchev–Trinajstić information content (AvgIpc) is 3.32. The van der Waals surface area contributed by atoms with Crippen molar-refractivity contribution >= 4 is 29.5 Å². The zero-order chi connectivity index (χ0) is 22.1. The van der Waals surface area contributed by atoms with Crippen LogP contribution in [0.25, 0.3) is 11.5 Å². The average molecular weight is 462 g/mol. The second-order valence-electron chi connectivity index (χ2n) is 6.67. The van der Waals surface area contributed by atoms with Crippen LogP contribution in [-0.4, -0.2) is 21.6 Å². The SMILES string of the molecule is Cc1noc(C)c1-c1nnc(Cc2ccc(Cl)c(Oc3cc(Cl)cc(C=O)c3)c2F)o1. The Morgan fingerprint density at radius 1 is 1.16 bits per heavy atom. The maximum absolute atomic E-state index is 15.2. The molecule has 2 heterocycles. The zero-order valence-corrected chi connectivity index (χ0v) is 17.8. The summed E-state index contributed by atoms with van der Waals surface area (Å²) in [5.74, 6) is 0.231. The first kappa shape index (κ1) is 21.0. The lowest BCUT2D eigenvalue weighted by atomic mass is 10.1. The van der Waals surface area contributed by atoms with Gasteiger partial charge in [-0.05, 0) is 38.1 Å². The minimum Gasteiger partial charge on any atom is -0.453 e. The van der Waals surface area contributed by atoms with Crippen molar-refractivity contribution in [2.24, 2.45) is 0 Å². The Balaban J connectivity index is 1.63. The minimum atomic E-state index is -0.697. The third-order valence-corrected chi connectivity index (χ3v) is 4.95. The van der Waals surface area contributed by atoms with Gasteiger partial charge in [-0.1, -0.05) is 34.4 Å². The van der Waals surface area contributed by atoms with Crippen molar-refractivity contribution in [3.63, 3.8) is 0 Å². The van der Waals surface area contributed by atoms with Gasteiger partial charge in [-0.2, -0.15) is 0 Å². The Morgan fingerprint density at radius 3 is 2.68 bits per heavy atom. The van der Waals surface area contributed by atoms with Crippen molar-refractivity contribution < 1.29 is 22.9 Å². The molecule has 158 valence electrons. The molecule has 10 heteroatoms. The van der Waals surface area contributed by atoms with E-state index in [0.29, 0.717) is 23.3 Å². The Morgan fingerprint density at radius 2 is 1.97 bits per heavy atom. The Bertz CT molecular complexity index is 1270. The van der Waals surface area contributed by atoms with Gasteiger partial charge < -0.3 is 13.7 Å². The molecule has 4 aromatic rings. The van der Waals surface area contributed by atoms with Gasteiger partial charge in [0, 0.05) is 16.1 Å². The highest BCUT2D eigenvalue weighted by molar-refractivity contribution is 6.32. The lowest BCUT2D eigenvalue weighted by Crippen LogP contribution is -1.98. The lowest BCUT2D eigenvalue weighted by molar-refractivity contribution is 0.112. The molecule has 0 fully saturated rings. The molecule has 0 saturated heterocycles. The molecule has 31 heavy (non-hydrogen) atoms. The molecule has 0 aliphatic carbocycles. The summed E-state index contributed by atoms with van der Waals surface area (Å²) in [6.45, 7) is 3.48. The predicted molar refractivity (Wildman–Crippen MR) is 110 cm³/mol. The fourth-order valence-corrected chi connectivity index (χ4v) is 3.43. The second-order valence-corrected chi connectivity index (χ2v) is 7.51. The molecule has 7 nitrogen and oxygen atoms in total. The highest BCUT2D eigenvalue weighted by Crippen LogP contribution is 2.36. The van der Waals surface area contributed by atoms with Crippen LogP contribution >= 0.6 is 23.2 Å². The molecule has 0 atom stereocenters. The third kappa shape index (κ3) is 4.30. The normalized spacial score (nSPS) is 11.0. The van der Waals surface area contributed by atoms with Gasteiger partial charge in [0.1, 0.15) is 23.4 Å². The van der Waals surface area contributed by atoms with Crippen molar-refractivity contribution in [2.75, 3.05) is 0 Å². The number of hydrogen-bond donors (Lipinski definition) is 0. The minimum absolute atomic E-state index is 0.00483. The number of nitrogens with zero attached hydrogens (tertiary/aromatic N) is 3. The summed E-state index contributed by atoms with van der Waals surface area (Å²) in [5, 5.41) is 12.2. The zero-order valence-electron chi connectivity index (χ0n) is 16.3. The second kappa shape index (κ2) is 8.49. The van der Waals surface area contributed by atoms with Gasteiger partial charge in [-0.3, -0.25) is 4.79 Å². The van der Waals surface area contributed by atoms with Gasteiger partial charge >= 0.3 is 0 Å². The highest BCUT2D eigenvalue weighted by Gasteiger charge is 2.21. The fraction of sp³-hybridized carbons (Fsp3) is 0.143. The molecule has 0 spiro atoms. The summed E-state index contributed by atoms with van der Waals surface area (Å²) in [5.41, 5.74) is 1.72. The van der Waals surface area contributed by atoms with Crippen LogP contribution in [0.4, 0.5) is 4.39 Å². The predicted octanol–water partition coefficient (Wildman–Crippen LogP) is 5.98. The summed E-state index contributed by atoms with van der Waals surface area (Å²) in [7, 11) is 0. The maximum Gasteiger partial charge on any atom is 0.253 e. The number of benzene rings is 2. The molecule has 0 radical (unpaired) electrons. The van der Waals surface area contributed by atoms with Crippen molar-refractivity contribution in [1.29, 1.82) is 0 Å². The number of carbonyl (C=O) groups excluding carboxylic acids is 1. The first-order valence-corrected chi connectivity index (χ1v) is 9.77. The number of rotatable bonds is 6. The number of aldehydes is 1. The highest BCUT2D eigenvalue weighted by atomic mass is 35.5. The molecule has 0 bridgehead atoms. The van der Waals surface area contributed by atoms with E-state index in [-0.39, 0.29) is 50.9 Å². The van der Waals surface area contributed by atoms with E-state index in [1.165, 1.54) is 30.3 Å². The summed E-state index contributed by atoms with van der Waals surface area (Å²) >= 11 is 12.1. The molecular weight excluding hydrogens is 448 g/mol. The van der Waals surface area contributed by atoms with Gasteiger partial charge in [0.25, 0.3) is 5.89 Å². The Kier molecular flexibility index (Phi) is 5.75. The topological polar surface area (TPSA) is 91.3 Å². The molecule has 0 unspecified atom stereocenters. The standard InChI is InChI=1S/C21H14Cl2FN3O4/c1-10-18(11(2)31-27-10)21-26-25-17(30-21)7-13-3-4-16(23)20(19(13)24)29-15-6-12(9-28)5-14(22)8-15/h3-6,8-9H,7H2,1-2H3. The van der Waals surface area contributed by atoms with E-state index >= 15 is 4.39 Å². The number of aromatic nitrogens is 3. The third-order valence-electron chi connectivity index (χ3n) is 4.43. The maximum atomic E-state index is 15.2. The lowest BCUT2D eigenvalue weighted by Gasteiger charge is -2.12. The van der Waals surface area contributed by atoms with Crippen LogP contribution in [0.2, 0.25) is 10.0 Å². The summed E-state index contributed by atoms with van der Waals surface area (Å²) in [4.78, 5) is 11.0. The number of hydrogen-bond acceptors (Lipinski definition) is 7. The molecule has 0 saturated carbocycles. The summed E-state index contributed by atoms with van der Waals surface area (Å²) in [6.07, 6.45) is 0.615. The van der Waals surface area contributed by atoms with E-state index in [2.05, 4.69) is 15.4 Å². The van der Waals surface area contributed by atoms with Crippen LogP contribution in [0.15, 0.2) is 39.3 Å². The number of ether oxygens (including phenoxy) is 1. The smallest absolute Gasteiger partial charge is 0.253 e. The van der Waals surface area contributed by atoms with E-state index in [1.54, 1.807) is 13.8 Å². The molecule has 2 aromatic carbocycles. The number of halogens is 3. The molecule has 2 aromatic heterocycles. The van der Waals surface area contributed by atoms with Crippen LogP contribution in [0, 0.1) is 19.7 Å². The van der Waals surface area contributed by atoms with Crippen molar-refractivity contribution in [3.05, 3.63) is 74.7 Å². The first-order chi connectivity index (χ1) is 14.9. The molecular formula is C21H14Cl2FN3O4. The van der Waals surface area contributed by atoms with Crippen molar-refractivity contribution in [2.45, 2.75) is 20.3 Å². The monoisotopic (exact) mass is 461 g/mol. The molecule has 0 N–H and O–H groups in total. The van der Waals surface area contributed by atoms with E-state index in [0.717, 1.165) is 0 Å².